The van der Waals surface area contributed by atoms with Gasteiger partial charge in [0.1, 0.15) is 22.5 Å². The van der Waals surface area contributed by atoms with Crippen molar-refractivity contribution in [2.75, 3.05) is 11.1 Å². The van der Waals surface area contributed by atoms with Gasteiger partial charge in [-0.25, -0.2) is 22.2 Å². The van der Waals surface area contributed by atoms with Crippen LogP contribution in [0.1, 0.15) is 41.9 Å². The minimum atomic E-state index is -3.31. The van der Waals surface area contributed by atoms with Crippen LogP contribution in [0.4, 0.5) is 19.6 Å². The van der Waals surface area contributed by atoms with Gasteiger partial charge in [-0.15, -0.1) is 11.3 Å². The van der Waals surface area contributed by atoms with Crippen LogP contribution < -0.4 is 11.1 Å². The fourth-order valence-electron chi connectivity index (χ4n) is 3.46. The first-order valence-electron chi connectivity index (χ1n) is 10.5. The summed E-state index contributed by atoms with van der Waals surface area (Å²) < 4.78 is 53.8. The Kier molecular flexibility index (Phi) is 8.01. The molecule has 1 atom stereocenters. The SMILES string of the molecule is CCCS(=O)(=O)Cc1cccc(Nc2sc(-c3c(F)cc(CC(C)O)cc3F)cc2C(N)=O)n1. The van der Waals surface area contributed by atoms with Crippen molar-refractivity contribution in [1.29, 1.82) is 0 Å². The first-order chi connectivity index (χ1) is 16.0. The number of nitrogens with two attached hydrogens (primary N) is 1. The summed E-state index contributed by atoms with van der Waals surface area (Å²) in [6.45, 7) is 3.29. The second kappa shape index (κ2) is 10.6. The molecule has 1 aromatic carbocycles. The van der Waals surface area contributed by atoms with Gasteiger partial charge in [-0.1, -0.05) is 13.0 Å². The third kappa shape index (κ3) is 6.37. The molecule has 2 heterocycles. The molecular weight excluding hydrogens is 484 g/mol. The molecule has 1 amide bonds. The highest BCUT2D eigenvalue weighted by atomic mass is 32.2. The van der Waals surface area contributed by atoms with E-state index in [9.17, 15) is 27.1 Å². The van der Waals surface area contributed by atoms with E-state index in [1.54, 1.807) is 25.1 Å². The second-order valence-corrected chi connectivity index (χ2v) is 11.2. The van der Waals surface area contributed by atoms with Gasteiger partial charge in [0.25, 0.3) is 5.91 Å². The highest BCUT2D eigenvalue weighted by molar-refractivity contribution is 7.90. The Bertz CT molecular complexity index is 1280. The Morgan fingerprint density at radius 3 is 2.50 bits per heavy atom. The number of primary amides is 1. The maximum absolute atomic E-state index is 14.8. The highest BCUT2D eigenvalue weighted by Gasteiger charge is 2.21. The van der Waals surface area contributed by atoms with Crippen LogP contribution >= 0.6 is 11.3 Å². The van der Waals surface area contributed by atoms with E-state index >= 15 is 0 Å². The molecule has 0 fully saturated rings. The van der Waals surface area contributed by atoms with E-state index in [1.165, 1.54) is 13.0 Å². The molecule has 1 unspecified atom stereocenters. The van der Waals surface area contributed by atoms with Crippen LogP contribution in [0.15, 0.2) is 36.4 Å². The molecule has 0 saturated carbocycles. The van der Waals surface area contributed by atoms with Crippen molar-refractivity contribution in [3.05, 3.63) is 64.9 Å². The van der Waals surface area contributed by atoms with Gasteiger partial charge in [-0.05, 0) is 55.7 Å². The van der Waals surface area contributed by atoms with E-state index < -0.39 is 33.5 Å². The minimum absolute atomic E-state index is 0.0117. The molecule has 0 bridgehead atoms. The van der Waals surface area contributed by atoms with Gasteiger partial charge in [-0.3, -0.25) is 4.79 Å². The van der Waals surface area contributed by atoms with Crippen LogP contribution in [0.3, 0.4) is 0 Å². The molecule has 182 valence electrons. The van der Waals surface area contributed by atoms with E-state index in [0.717, 1.165) is 23.5 Å². The van der Waals surface area contributed by atoms with Gasteiger partial charge in [-0.2, -0.15) is 0 Å². The number of pyridine rings is 1. The lowest BCUT2D eigenvalue weighted by Gasteiger charge is -2.09. The molecule has 0 aliphatic rings. The first-order valence-corrected chi connectivity index (χ1v) is 13.2. The van der Waals surface area contributed by atoms with Crippen molar-refractivity contribution in [3.8, 4) is 10.4 Å². The Balaban J connectivity index is 1.95. The van der Waals surface area contributed by atoms with Crippen LogP contribution in [0, 0.1) is 11.6 Å². The number of sulfone groups is 1. The van der Waals surface area contributed by atoms with Crippen LogP contribution in [-0.2, 0) is 22.0 Å². The number of carbonyl (C=O) groups excluding carboxylic acids is 1. The number of benzene rings is 1. The monoisotopic (exact) mass is 509 g/mol. The van der Waals surface area contributed by atoms with E-state index in [4.69, 9.17) is 5.73 Å². The van der Waals surface area contributed by atoms with Gasteiger partial charge in [0.05, 0.1) is 34.4 Å². The van der Waals surface area contributed by atoms with E-state index in [-0.39, 0.29) is 44.7 Å². The standard InChI is InChI=1S/C23H25F2N3O4S2/c1-3-7-34(31,32)12-15-5-4-6-20(27-15)28-23-16(22(26)30)11-19(33-23)21-17(24)9-14(8-13(2)29)10-18(21)25/h4-6,9-11,13,29H,3,7-8,12H2,1-2H3,(H2,26,30)(H,27,28). The molecule has 3 aromatic rings. The van der Waals surface area contributed by atoms with Gasteiger partial charge >= 0.3 is 0 Å². The van der Waals surface area contributed by atoms with E-state index in [2.05, 4.69) is 10.3 Å². The number of amides is 1. The third-order valence-electron chi connectivity index (χ3n) is 4.81. The largest absolute Gasteiger partial charge is 0.393 e. The predicted octanol–water partition coefficient (Wildman–Crippen LogP) is 4.18. The smallest absolute Gasteiger partial charge is 0.251 e. The summed E-state index contributed by atoms with van der Waals surface area (Å²) in [7, 11) is -3.31. The predicted molar refractivity (Wildman–Crippen MR) is 129 cm³/mol. The number of aliphatic hydroxyl groups is 1. The van der Waals surface area contributed by atoms with Gasteiger partial charge in [0, 0.05) is 4.88 Å². The Hall–Kier alpha value is -2.89. The van der Waals surface area contributed by atoms with Gasteiger partial charge < -0.3 is 16.2 Å². The number of hydrogen-bond acceptors (Lipinski definition) is 7. The fraction of sp³-hybridized carbons (Fsp3) is 0.304. The molecule has 2 aromatic heterocycles. The summed E-state index contributed by atoms with van der Waals surface area (Å²) in [5.41, 5.74) is 5.79. The minimum Gasteiger partial charge on any atom is -0.393 e. The van der Waals surface area contributed by atoms with Gasteiger partial charge in [0.15, 0.2) is 9.84 Å². The molecule has 34 heavy (non-hydrogen) atoms. The number of anilines is 2. The number of nitrogens with one attached hydrogen (secondary N) is 1. The normalized spacial score (nSPS) is 12.5. The maximum atomic E-state index is 14.8. The fourth-order valence-corrected chi connectivity index (χ4v) is 5.96. The van der Waals surface area contributed by atoms with Crippen molar-refractivity contribution >= 4 is 37.9 Å². The Morgan fingerprint density at radius 1 is 1.24 bits per heavy atom. The van der Waals surface area contributed by atoms with Crippen LogP contribution in [-0.4, -0.2) is 36.3 Å². The lowest BCUT2D eigenvalue weighted by Crippen LogP contribution is -2.12. The Labute approximate surface area is 200 Å². The average molecular weight is 510 g/mol. The summed E-state index contributed by atoms with van der Waals surface area (Å²) in [4.78, 5) is 16.4. The second-order valence-electron chi connectivity index (χ2n) is 7.94. The zero-order valence-corrected chi connectivity index (χ0v) is 20.3. The molecule has 4 N–H and O–H groups in total. The van der Waals surface area contributed by atoms with E-state index in [1.807, 2.05) is 0 Å². The molecule has 0 aliphatic carbocycles. The number of nitrogens with zero attached hydrogens (tertiary/aromatic N) is 1. The average Bonchev–Trinajstić information content (AvgIpc) is 3.10. The summed E-state index contributed by atoms with van der Waals surface area (Å²) in [6, 6.07) is 8.35. The topological polar surface area (TPSA) is 122 Å². The van der Waals surface area contributed by atoms with Gasteiger partial charge in [0.2, 0.25) is 0 Å². The third-order valence-corrected chi connectivity index (χ3v) is 7.64. The quantitative estimate of drug-likeness (QED) is 0.377. The number of halogens is 2. The molecule has 7 nitrogen and oxygen atoms in total. The van der Waals surface area contributed by atoms with Crippen LogP contribution in [0.25, 0.3) is 10.4 Å². The summed E-state index contributed by atoms with van der Waals surface area (Å²) in [5.74, 6) is -2.41. The summed E-state index contributed by atoms with van der Waals surface area (Å²) in [6.07, 6.45) is -0.176. The molecular formula is C23H25F2N3O4S2. The number of carbonyl (C=O) groups is 1. The van der Waals surface area contributed by atoms with E-state index in [0.29, 0.717) is 17.7 Å². The van der Waals surface area contributed by atoms with Crippen LogP contribution in [0.5, 0.6) is 0 Å². The number of rotatable bonds is 10. The molecule has 0 spiro atoms. The van der Waals surface area contributed by atoms with Crippen molar-refractivity contribution in [2.45, 2.75) is 38.5 Å². The lowest BCUT2D eigenvalue weighted by atomic mass is 10.0. The lowest BCUT2D eigenvalue weighted by molar-refractivity contribution is 0.100. The van der Waals surface area contributed by atoms with Crippen LogP contribution in [0.2, 0.25) is 0 Å². The zero-order chi connectivity index (χ0) is 25.0. The van der Waals surface area contributed by atoms with Crippen molar-refractivity contribution < 1.29 is 27.1 Å². The van der Waals surface area contributed by atoms with Crippen molar-refractivity contribution in [1.82, 2.24) is 4.98 Å². The molecule has 0 radical (unpaired) electrons. The molecule has 0 saturated heterocycles. The molecule has 3 rings (SSSR count). The number of aliphatic hydroxyl groups excluding tert-OH is 1. The van der Waals surface area contributed by atoms with Crippen molar-refractivity contribution in [3.63, 3.8) is 0 Å². The summed E-state index contributed by atoms with van der Waals surface area (Å²) in [5, 5.41) is 12.6. The number of thiophene rings is 1. The zero-order valence-electron chi connectivity index (χ0n) is 18.6. The number of hydrogen-bond donors (Lipinski definition) is 3. The first kappa shape index (κ1) is 25.7. The molecule has 11 heteroatoms. The summed E-state index contributed by atoms with van der Waals surface area (Å²) >= 11 is 0.911. The molecule has 0 aliphatic heterocycles. The highest BCUT2D eigenvalue weighted by Crippen LogP contribution is 2.39. The van der Waals surface area contributed by atoms with Crippen molar-refractivity contribution in [2.24, 2.45) is 5.73 Å². The Morgan fingerprint density at radius 2 is 1.91 bits per heavy atom. The maximum Gasteiger partial charge on any atom is 0.251 e. The number of aromatic nitrogens is 1.